The Bertz CT molecular complexity index is 1390. The summed E-state index contributed by atoms with van der Waals surface area (Å²) in [5, 5.41) is 17.2. The van der Waals surface area contributed by atoms with Crippen LogP contribution in [0.5, 0.6) is 0 Å². The van der Waals surface area contributed by atoms with E-state index in [1.54, 1.807) is 12.3 Å². The Hall–Kier alpha value is -3.68. The molecule has 0 spiro atoms. The van der Waals surface area contributed by atoms with Gasteiger partial charge in [-0.2, -0.15) is 0 Å². The van der Waals surface area contributed by atoms with Crippen LogP contribution in [-0.2, 0) is 29.4 Å². The maximum Gasteiger partial charge on any atom is 0.474 e. The number of amides is 3. The van der Waals surface area contributed by atoms with E-state index in [9.17, 15) is 28.0 Å². The molecule has 3 rings (SSSR count). The van der Waals surface area contributed by atoms with Crippen LogP contribution in [0.4, 0.5) is 24.2 Å². The summed E-state index contributed by atoms with van der Waals surface area (Å²) in [7, 11) is -0.312. The van der Waals surface area contributed by atoms with Gasteiger partial charge in [-0.25, -0.2) is 27.9 Å². The second-order valence-electron chi connectivity index (χ2n) is 8.77. The summed E-state index contributed by atoms with van der Waals surface area (Å²) in [6.45, 7) is -1.21. The molecule has 41 heavy (non-hydrogen) atoms. The molecule has 3 aromatic rings. The number of urea groups is 1. The number of hydrogen-bond acceptors (Lipinski definition) is 9. The van der Waals surface area contributed by atoms with Crippen molar-refractivity contribution in [3.63, 3.8) is 0 Å². The van der Waals surface area contributed by atoms with Crippen molar-refractivity contribution in [2.45, 2.75) is 25.1 Å². The van der Waals surface area contributed by atoms with Crippen LogP contribution < -0.4 is 10.6 Å². The Morgan fingerprint density at radius 2 is 1.78 bits per heavy atom. The van der Waals surface area contributed by atoms with Crippen LogP contribution in [0.15, 0.2) is 54.7 Å². The average Bonchev–Trinajstić information content (AvgIpc) is 2.98. The van der Waals surface area contributed by atoms with Gasteiger partial charge in [0.1, 0.15) is 12.4 Å². The number of hydrogen-bond donors (Lipinski definition) is 3. The van der Waals surface area contributed by atoms with E-state index in [1.165, 1.54) is 19.2 Å². The van der Waals surface area contributed by atoms with Crippen LogP contribution in [-0.4, -0.2) is 73.7 Å². The molecule has 0 saturated heterocycles. The lowest BCUT2D eigenvalue weighted by Crippen LogP contribution is -2.47. The van der Waals surface area contributed by atoms with Gasteiger partial charge in [0.2, 0.25) is 0 Å². The van der Waals surface area contributed by atoms with Gasteiger partial charge < -0.3 is 20.1 Å². The highest BCUT2D eigenvalue weighted by atomic mass is 31.2. The number of aliphatic hydroxyl groups excluding tert-OH is 1. The van der Waals surface area contributed by atoms with Crippen molar-refractivity contribution in [2.75, 3.05) is 39.8 Å². The third kappa shape index (κ3) is 9.17. The van der Waals surface area contributed by atoms with Gasteiger partial charge in [0.25, 0.3) is 0 Å². The fourth-order valence-corrected chi connectivity index (χ4v) is 4.40. The van der Waals surface area contributed by atoms with Gasteiger partial charge >= 0.3 is 19.9 Å². The number of aliphatic hydroxyl groups is 1. The second-order valence-corrected chi connectivity index (χ2v) is 10.7. The number of halogens is 2. The number of anilines is 1. The maximum absolute atomic E-state index is 14.0. The van der Waals surface area contributed by atoms with Crippen LogP contribution in [0, 0.1) is 11.6 Å². The van der Waals surface area contributed by atoms with E-state index in [2.05, 4.69) is 24.7 Å². The minimum atomic E-state index is -3.88. The lowest BCUT2D eigenvalue weighted by molar-refractivity contribution is 0.0403. The molecule has 0 aliphatic heterocycles. The first-order valence-electron chi connectivity index (χ1n) is 12.3. The quantitative estimate of drug-likeness (QED) is 0.244. The lowest BCUT2D eigenvalue weighted by atomic mass is 10.1. The largest absolute Gasteiger partial charge is 0.474 e. The molecule has 0 bridgehead atoms. The first kappa shape index (κ1) is 31.8. The Balaban J connectivity index is 1.65. The summed E-state index contributed by atoms with van der Waals surface area (Å²) in [6, 6.07) is 11.0. The number of rotatable bonds is 13. The van der Waals surface area contributed by atoms with Gasteiger partial charge in [0, 0.05) is 45.0 Å². The molecule has 3 N–H and O–H groups in total. The molecular formula is C26H31F2N4O8P. The number of nitrogens with zero attached hydrogens (tertiary/aromatic N) is 2. The van der Waals surface area contributed by atoms with Gasteiger partial charge in [0.05, 0.1) is 18.8 Å². The Morgan fingerprint density at radius 1 is 1.07 bits per heavy atom. The van der Waals surface area contributed by atoms with E-state index < -0.39 is 50.3 Å². The molecule has 0 saturated carbocycles. The Labute approximate surface area is 235 Å². The van der Waals surface area contributed by atoms with Gasteiger partial charge in [-0.1, -0.05) is 36.4 Å². The maximum atomic E-state index is 14.0. The standard InChI is InChI=1S/C26H31F2N4O8P/c1-32(25(34)30-14-19-9-6-10-22(27)24(19)28)20(12-21(33)16-40-41(36,37-2)38-3)15-39-26(35)31-23-11-17-7-4-5-8-18(17)13-29-23/h4-11,13,20-21,33H,12,14-16H2,1-3H3,(H,30,34)(H,29,31,35). The van der Waals surface area contributed by atoms with Gasteiger partial charge in [-0.15, -0.1) is 0 Å². The number of benzene rings is 2. The molecule has 0 fully saturated rings. The van der Waals surface area contributed by atoms with Crippen LogP contribution in [0.1, 0.15) is 12.0 Å². The normalized spacial score (nSPS) is 12.9. The van der Waals surface area contributed by atoms with E-state index in [0.717, 1.165) is 36.0 Å². The van der Waals surface area contributed by atoms with E-state index in [-0.39, 0.29) is 31.0 Å². The molecule has 1 aromatic heterocycles. The molecule has 0 radical (unpaired) electrons. The number of phosphoric ester groups is 1. The number of phosphoric acid groups is 1. The highest BCUT2D eigenvalue weighted by Gasteiger charge is 2.28. The van der Waals surface area contributed by atoms with Crippen molar-refractivity contribution in [1.82, 2.24) is 15.2 Å². The smallest absolute Gasteiger partial charge is 0.447 e. The number of carbonyl (C=O) groups is 2. The van der Waals surface area contributed by atoms with Gasteiger partial charge in [-0.3, -0.25) is 18.9 Å². The monoisotopic (exact) mass is 596 g/mol. The average molecular weight is 597 g/mol. The van der Waals surface area contributed by atoms with Crippen LogP contribution in [0.25, 0.3) is 10.8 Å². The van der Waals surface area contributed by atoms with Crippen molar-refractivity contribution in [1.29, 1.82) is 0 Å². The third-order valence-electron chi connectivity index (χ3n) is 6.01. The van der Waals surface area contributed by atoms with Crippen molar-refractivity contribution < 1.29 is 46.3 Å². The SMILES string of the molecule is COP(=O)(OC)OCC(O)CC(COC(=O)Nc1cc2ccccc2cn1)N(C)C(=O)NCc1cccc(F)c1F. The van der Waals surface area contributed by atoms with Gasteiger partial charge in [0.15, 0.2) is 11.6 Å². The molecule has 12 nitrogen and oxygen atoms in total. The zero-order chi connectivity index (χ0) is 30.0. The summed E-state index contributed by atoms with van der Waals surface area (Å²) in [5.74, 6) is -1.92. The highest BCUT2D eigenvalue weighted by Crippen LogP contribution is 2.47. The molecule has 2 unspecified atom stereocenters. The lowest BCUT2D eigenvalue weighted by Gasteiger charge is -2.30. The summed E-state index contributed by atoms with van der Waals surface area (Å²) >= 11 is 0. The Kier molecular flexibility index (Phi) is 11.5. The van der Waals surface area contributed by atoms with Crippen molar-refractivity contribution in [2.24, 2.45) is 0 Å². The fraction of sp³-hybridized carbons (Fsp3) is 0.346. The number of nitrogens with one attached hydrogen (secondary N) is 2. The van der Waals surface area contributed by atoms with Crippen LogP contribution >= 0.6 is 7.82 Å². The third-order valence-corrected chi connectivity index (χ3v) is 7.37. The van der Waals surface area contributed by atoms with Crippen molar-refractivity contribution in [3.05, 3.63) is 71.9 Å². The summed E-state index contributed by atoms with van der Waals surface area (Å²) in [5.41, 5.74) is -0.0786. The van der Waals surface area contributed by atoms with Crippen molar-refractivity contribution >= 4 is 36.5 Å². The number of pyridine rings is 1. The molecule has 0 aliphatic rings. The number of ether oxygens (including phenoxy) is 1. The molecule has 2 aromatic carbocycles. The molecule has 1 heterocycles. The van der Waals surface area contributed by atoms with Crippen LogP contribution in [0.2, 0.25) is 0 Å². The molecular weight excluding hydrogens is 565 g/mol. The van der Waals surface area contributed by atoms with E-state index in [1.807, 2.05) is 24.3 Å². The molecule has 0 aliphatic carbocycles. The Morgan fingerprint density at radius 3 is 2.49 bits per heavy atom. The minimum Gasteiger partial charge on any atom is -0.447 e. The first-order chi connectivity index (χ1) is 19.5. The predicted molar refractivity (Wildman–Crippen MR) is 145 cm³/mol. The predicted octanol–water partition coefficient (Wildman–Crippen LogP) is 4.44. The summed E-state index contributed by atoms with van der Waals surface area (Å²) in [4.78, 5) is 30.6. The minimum absolute atomic E-state index is 0.0786. The molecule has 222 valence electrons. The second kappa shape index (κ2) is 14.8. The number of aromatic nitrogens is 1. The topological polar surface area (TPSA) is 149 Å². The number of fused-ring (bicyclic) bond motifs is 1. The van der Waals surface area contributed by atoms with E-state index >= 15 is 0 Å². The summed E-state index contributed by atoms with van der Waals surface area (Å²) < 4.78 is 59.3. The zero-order valence-electron chi connectivity index (χ0n) is 22.6. The number of carbonyl (C=O) groups excluding carboxylic acids is 2. The van der Waals surface area contributed by atoms with Crippen molar-refractivity contribution in [3.8, 4) is 0 Å². The fourth-order valence-electron chi connectivity index (χ4n) is 3.69. The first-order valence-corrected chi connectivity index (χ1v) is 13.8. The van der Waals surface area contributed by atoms with Crippen LogP contribution in [0.3, 0.4) is 0 Å². The molecule has 2 atom stereocenters. The van der Waals surface area contributed by atoms with Gasteiger partial charge in [-0.05, 0) is 23.9 Å². The van der Waals surface area contributed by atoms with E-state index in [4.69, 9.17) is 9.26 Å². The highest BCUT2D eigenvalue weighted by molar-refractivity contribution is 7.48. The number of likely N-dealkylation sites (N-methyl/N-ethyl adjacent to an activating group) is 1. The molecule has 15 heteroatoms. The molecule has 3 amide bonds. The van der Waals surface area contributed by atoms with E-state index in [0.29, 0.717) is 0 Å². The zero-order valence-corrected chi connectivity index (χ0v) is 23.5. The summed E-state index contributed by atoms with van der Waals surface area (Å²) in [6.07, 6.45) is -0.791.